The van der Waals surface area contributed by atoms with Crippen molar-refractivity contribution in [3.8, 4) is 6.07 Å². The van der Waals surface area contributed by atoms with E-state index in [1.165, 1.54) is 0 Å². The quantitative estimate of drug-likeness (QED) is 0.910. The molecule has 0 spiro atoms. The van der Waals surface area contributed by atoms with Crippen molar-refractivity contribution >= 4 is 21.8 Å². The Morgan fingerprint density at radius 3 is 3.12 bits per heavy atom. The Hall–Kier alpha value is -1.41. The number of aromatic nitrogens is 1. The molecule has 0 bridgehead atoms. The van der Waals surface area contributed by atoms with E-state index in [1.807, 2.05) is 0 Å². The van der Waals surface area contributed by atoms with E-state index in [2.05, 4.69) is 32.3 Å². The van der Waals surface area contributed by atoms with Gasteiger partial charge in [-0.1, -0.05) is 0 Å². The van der Waals surface area contributed by atoms with Gasteiger partial charge >= 0.3 is 0 Å². The molecule has 0 saturated heterocycles. The van der Waals surface area contributed by atoms with Gasteiger partial charge in [-0.2, -0.15) is 5.26 Å². The molecule has 1 fully saturated rings. The minimum absolute atomic E-state index is 0.0404. The third-order valence-corrected chi connectivity index (χ3v) is 3.61. The lowest BCUT2D eigenvalue weighted by Gasteiger charge is -2.15. The van der Waals surface area contributed by atoms with E-state index in [9.17, 15) is 4.79 Å². The van der Waals surface area contributed by atoms with Crippen LogP contribution < -0.4 is 5.32 Å². The van der Waals surface area contributed by atoms with Gasteiger partial charge in [0.25, 0.3) is 5.91 Å². The lowest BCUT2D eigenvalue weighted by atomic mass is 10.1. The average molecular weight is 294 g/mol. The summed E-state index contributed by atoms with van der Waals surface area (Å²) in [5, 5.41) is 11.8. The maximum Gasteiger partial charge on any atom is 0.271 e. The van der Waals surface area contributed by atoms with Crippen molar-refractivity contribution < 1.29 is 4.79 Å². The standard InChI is InChI=1S/C12H12BrN3O/c13-9-4-2-6-15-11(9)12(17)16-10-5-1-3-8(10)7-14/h2,4,6,8,10H,1,3,5H2,(H,16,17). The summed E-state index contributed by atoms with van der Waals surface area (Å²) in [6, 6.07) is 5.73. The first-order valence-corrected chi connectivity index (χ1v) is 6.32. The van der Waals surface area contributed by atoms with Gasteiger partial charge in [0.05, 0.1) is 12.0 Å². The van der Waals surface area contributed by atoms with Crippen LogP contribution in [0.1, 0.15) is 29.8 Å². The van der Waals surface area contributed by atoms with Crippen LogP contribution in [0, 0.1) is 17.2 Å². The van der Waals surface area contributed by atoms with E-state index in [-0.39, 0.29) is 17.9 Å². The zero-order valence-corrected chi connectivity index (χ0v) is 10.8. The summed E-state index contributed by atoms with van der Waals surface area (Å²) in [7, 11) is 0. The fourth-order valence-electron chi connectivity index (χ4n) is 2.08. The number of amides is 1. The van der Waals surface area contributed by atoms with E-state index in [4.69, 9.17) is 5.26 Å². The van der Waals surface area contributed by atoms with E-state index >= 15 is 0 Å². The van der Waals surface area contributed by atoms with Crippen LogP contribution in [0.15, 0.2) is 22.8 Å². The number of rotatable bonds is 2. The van der Waals surface area contributed by atoms with Crippen molar-refractivity contribution in [1.29, 1.82) is 5.26 Å². The number of nitrogens with zero attached hydrogens (tertiary/aromatic N) is 2. The molecule has 1 aliphatic carbocycles. The number of carbonyl (C=O) groups is 1. The van der Waals surface area contributed by atoms with Crippen molar-refractivity contribution in [2.24, 2.45) is 5.92 Å². The Bertz CT molecular complexity index is 469. The summed E-state index contributed by atoms with van der Waals surface area (Å²) >= 11 is 3.29. The van der Waals surface area contributed by atoms with Crippen LogP contribution in [-0.2, 0) is 0 Å². The minimum Gasteiger partial charge on any atom is -0.347 e. The molecule has 5 heteroatoms. The number of hydrogen-bond donors (Lipinski definition) is 1. The summed E-state index contributed by atoms with van der Waals surface area (Å²) in [6.07, 6.45) is 4.31. The highest BCUT2D eigenvalue weighted by Gasteiger charge is 2.29. The van der Waals surface area contributed by atoms with E-state index in [1.54, 1.807) is 18.3 Å². The SMILES string of the molecule is N#CC1CCCC1NC(=O)c1ncccc1Br. The molecule has 17 heavy (non-hydrogen) atoms. The van der Waals surface area contributed by atoms with Crippen molar-refractivity contribution in [1.82, 2.24) is 10.3 Å². The predicted molar refractivity (Wildman–Crippen MR) is 66.1 cm³/mol. The molecule has 1 amide bonds. The number of nitrogens with one attached hydrogen (secondary N) is 1. The van der Waals surface area contributed by atoms with Gasteiger partial charge in [0.2, 0.25) is 0 Å². The Morgan fingerprint density at radius 1 is 1.59 bits per heavy atom. The lowest BCUT2D eigenvalue weighted by molar-refractivity contribution is 0.0927. The van der Waals surface area contributed by atoms with Gasteiger partial charge in [-0.25, -0.2) is 4.98 Å². The smallest absolute Gasteiger partial charge is 0.271 e. The minimum atomic E-state index is -0.218. The monoisotopic (exact) mass is 293 g/mol. The fourth-order valence-corrected chi connectivity index (χ4v) is 2.51. The molecule has 1 aromatic rings. The topological polar surface area (TPSA) is 65.8 Å². The van der Waals surface area contributed by atoms with Gasteiger partial charge in [0.15, 0.2) is 0 Å². The lowest BCUT2D eigenvalue weighted by Crippen LogP contribution is -2.37. The van der Waals surface area contributed by atoms with Gasteiger partial charge < -0.3 is 5.32 Å². The van der Waals surface area contributed by atoms with Gasteiger partial charge in [-0.05, 0) is 47.3 Å². The molecule has 0 aromatic carbocycles. The first-order chi connectivity index (χ1) is 8.22. The molecule has 1 saturated carbocycles. The molecule has 1 aliphatic rings. The van der Waals surface area contributed by atoms with Crippen LogP contribution in [0.25, 0.3) is 0 Å². The number of pyridine rings is 1. The number of hydrogen-bond acceptors (Lipinski definition) is 3. The molecule has 2 rings (SSSR count). The zero-order valence-electron chi connectivity index (χ0n) is 9.19. The molecular formula is C12H12BrN3O. The van der Waals surface area contributed by atoms with Gasteiger partial charge in [0.1, 0.15) is 5.69 Å². The van der Waals surface area contributed by atoms with Crippen LogP contribution in [0.5, 0.6) is 0 Å². The Morgan fingerprint density at radius 2 is 2.41 bits per heavy atom. The first kappa shape index (κ1) is 12.1. The molecule has 1 aromatic heterocycles. The maximum absolute atomic E-state index is 12.0. The predicted octanol–water partition coefficient (Wildman–Crippen LogP) is 2.27. The van der Waals surface area contributed by atoms with E-state index in [0.717, 1.165) is 19.3 Å². The second-order valence-electron chi connectivity index (χ2n) is 4.08. The summed E-state index contributed by atoms with van der Waals surface area (Å²) < 4.78 is 0.670. The third kappa shape index (κ3) is 2.64. The van der Waals surface area contributed by atoms with Crippen molar-refractivity contribution in [2.75, 3.05) is 0 Å². The second kappa shape index (κ2) is 5.28. The summed E-state index contributed by atoms with van der Waals surface area (Å²) in [5.74, 6) is -0.286. The first-order valence-electron chi connectivity index (χ1n) is 5.53. The molecule has 88 valence electrons. The average Bonchev–Trinajstić information content (AvgIpc) is 2.76. The Labute approximate surface area is 108 Å². The van der Waals surface area contributed by atoms with Crippen LogP contribution >= 0.6 is 15.9 Å². The van der Waals surface area contributed by atoms with Crippen molar-refractivity contribution in [2.45, 2.75) is 25.3 Å². The van der Waals surface area contributed by atoms with E-state index < -0.39 is 0 Å². The van der Waals surface area contributed by atoms with Gasteiger partial charge in [-0.15, -0.1) is 0 Å². The molecule has 2 atom stereocenters. The molecule has 2 unspecified atom stereocenters. The zero-order chi connectivity index (χ0) is 12.3. The Balaban J connectivity index is 2.08. The summed E-state index contributed by atoms with van der Waals surface area (Å²) in [5.41, 5.74) is 0.371. The highest BCUT2D eigenvalue weighted by molar-refractivity contribution is 9.10. The number of nitriles is 1. The van der Waals surface area contributed by atoms with Crippen LogP contribution in [-0.4, -0.2) is 16.9 Å². The normalized spacial score (nSPS) is 23.1. The van der Waals surface area contributed by atoms with Gasteiger partial charge in [-0.3, -0.25) is 4.79 Å². The number of halogens is 1. The molecule has 0 aliphatic heterocycles. The largest absolute Gasteiger partial charge is 0.347 e. The summed E-state index contributed by atoms with van der Waals surface area (Å²) in [4.78, 5) is 16.0. The van der Waals surface area contributed by atoms with Crippen molar-refractivity contribution in [3.05, 3.63) is 28.5 Å². The summed E-state index contributed by atoms with van der Waals surface area (Å²) in [6.45, 7) is 0. The number of carbonyl (C=O) groups excluding carboxylic acids is 1. The maximum atomic E-state index is 12.0. The van der Waals surface area contributed by atoms with E-state index in [0.29, 0.717) is 10.2 Å². The van der Waals surface area contributed by atoms with Crippen molar-refractivity contribution in [3.63, 3.8) is 0 Å². The Kier molecular flexibility index (Phi) is 3.75. The third-order valence-electron chi connectivity index (χ3n) is 2.97. The molecule has 1 heterocycles. The molecule has 0 radical (unpaired) electrons. The second-order valence-corrected chi connectivity index (χ2v) is 4.93. The molecular weight excluding hydrogens is 282 g/mol. The van der Waals surface area contributed by atoms with Crippen LogP contribution in [0.4, 0.5) is 0 Å². The highest BCUT2D eigenvalue weighted by atomic mass is 79.9. The van der Waals surface area contributed by atoms with Crippen LogP contribution in [0.2, 0.25) is 0 Å². The van der Waals surface area contributed by atoms with Crippen LogP contribution in [0.3, 0.4) is 0 Å². The molecule has 4 nitrogen and oxygen atoms in total. The highest BCUT2D eigenvalue weighted by Crippen LogP contribution is 2.25. The van der Waals surface area contributed by atoms with Gasteiger partial charge in [0, 0.05) is 16.7 Å². The molecule has 1 N–H and O–H groups in total. The fraction of sp³-hybridized carbons (Fsp3) is 0.417.